The minimum absolute atomic E-state index is 0. The Morgan fingerprint density at radius 3 is 2.38 bits per heavy atom. The molecule has 2 atom stereocenters. The molecule has 1 saturated heterocycles. The Hall–Kier alpha value is -3.10. The SMILES string of the molecule is C[C@@H](S[C@H]1CO[C@H](/C=C/C=C/c2ccc(C#N)cc2F)OC1)[C@@](Cn1cncn1)(OC(=O)c1ccc(C#N)cc1COP(=O)([O-])[O-])c1ccc(F)cc1F.[Na+].[Na+]. The number of nitrogens with zero attached hydrogens (tertiary/aromatic N) is 5. The molecule has 0 saturated carbocycles. The largest absolute Gasteiger partial charge is 1.00 e. The molecule has 20 heteroatoms. The number of carbonyl (C=O) groups excluding carboxylic acids is 1. The van der Waals surface area contributed by atoms with Crippen LogP contribution in [-0.2, 0) is 42.1 Å². The Labute approximate surface area is 368 Å². The summed E-state index contributed by atoms with van der Waals surface area (Å²) in [5.41, 5.74) is -2.17. The molecule has 0 radical (unpaired) electrons. The van der Waals surface area contributed by atoms with Crippen LogP contribution in [0.25, 0.3) is 6.08 Å². The summed E-state index contributed by atoms with van der Waals surface area (Å²) in [6, 6.07) is 14.2. The first kappa shape index (κ1) is 47.3. The van der Waals surface area contributed by atoms with Crippen molar-refractivity contribution in [2.24, 2.45) is 0 Å². The van der Waals surface area contributed by atoms with Gasteiger partial charge in [-0.25, -0.2) is 27.6 Å². The van der Waals surface area contributed by atoms with Gasteiger partial charge in [0.05, 0.1) is 68.3 Å². The number of allylic oxidation sites excluding steroid dienone is 2. The quantitative estimate of drug-likeness (QED) is 0.0630. The molecule has 0 spiro atoms. The van der Waals surface area contributed by atoms with E-state index in [9.17, 15) is 33.2 Å². The van der Waals surface area contributed by atoms with Gasteiger partial charge in [-0.3, -0.25) is 0 Å². The summed E-state index contributed by atoms with van der Waals surface area (Å²) in [7, 11) is -5.51. The van der Waals surface area contributed by atoms with Gasteiger partial charge in [0.2, 0.25) is 0 Å². The summed E-state index contributed by atoms with van der Waals surface area (Å²) in [6.07, 6.45) is 8.04. The van der Waals surface area contributed by atoms with E-state index in [0.29, 0.717) is 6.07 Å². The Morgan fingerprint density at radius 2 is 1.75 bits per heavy atom. The predicted molar refractivity (Wildman–Crippen MR) is 183 cm³/mol. The van der Waals surface area contributed by atoms with Crippen LogP contribution in [0.1, 0.15) is 45.1 Å². The van der Waals surface area contributed by atoms with E-state index < -0.39 is 60.2 Å². The van der Waals surface area contributed by atoms with Gasteiger partial charge in [-0.2, -0.15) is 15.6 Å². The number of carbonyl (C=O) groups is 1. The van der Waals surface area contributed by atoms with Gasteiger partial charge in [-0.05, 0) is 61.0 Å². The maximum atomic E-state index is 15.8. The number of nitriles is 2. The van der Waals surface area contributed by atoms with E-state index in [0.717, 1.165) is 24.3 Å². The molecule has 1 aromatic heterocycles. The molecule has 1 aliphatic heterocycles. The Kier molecular flexibility index (Phi) is 18.2. The molecule has 1 aliphatic rings. The fourth-order valence-electron chi connectivity index (χ4n) is 5.48. The maximum absolute atomic E-state index is 15.8. The number of rotatable bonds is 14. The Bertz CT molecular complexity index is 2180. The second-order valence-electron chi connectivity index (χ2n) is 11.7. The molecule has 0 unspecified atom stereocenters. The van der Waals surface area contributed by atoms with Crippen molar-refractivity contribution in [2.75, 3.05) is 13.2 Å². The van der Waals surface area contributed by atoms with E-state index in [4.69, 9.17) is 19.5 Å². The van der Waals surface area contributed by atoms with Crippen molar-refractivity contribution in [1.29, 1.82) is 10.5 Å². The van der Waals surface area contributed by atoms with Crippen LogP contribution in [0.3, 0.4) is 0 Å². The van der Waals surface area contributed by atoms with Crippen LogP contribution in [0, 0.1) is 40.1 Å². The van der Waals surface area contributed by atoms with Crippen LogP contribution in [0.5, 0.6) is 0 Å². The molecule has 3 aromatic carbocycles. The molecule has 0 bridgehead atoms. The van der Waals surface area contributed by atoms with Crippen LogP contribution in [0.15, 0.2) is 85.5 Å². The second-order valence-corrected chi connectivity index (χ2v) is 14.5. The number of aromatic nitrogens is 3. The normalized spacial score (nSPS) is 17.2. The summed E-state index contributed by atoms with van der Waals surface area (Å²) in [5.74, 6) is -3.61. The summed E-state index contributed by atoms with van der Waals surface area (Å²) in [6.45, 7) is 0.659. The number of halogens is 3. The minimum Gasteiger partial charge on any atom is -0.790 e. The fourth-order valence-corrected chi connectivity index (χ4v) is 7.13. The Balaban J connectivity index is 0.00000420. The molecule has 13 nitrogen and oxygen atoms in total. The zero-order valence-electron chi connectivity index (χ0n) is 30.2. The van der Waals surface area contributed by atoms with Crippen LogP contribution in [0.4, 0.5) is 13.2 Å². The summed E-state index contributed by atoms with van der Waals surface area (Å²) in [4.78, 5) is 40.5. The van der Waals surface area contributed by atoms with Gasteiger partial charge >= 0.3 is 65.1 Å². The summed E-state index contributed by atoms with van der Waals surface area (Å²) >= 11 is 1.21. The number of hydrogen-bond donors (Lipinski definition) is 0. The van der Waals surface area contributed by atoms with E-state index in [1.165, 1.54) is 59.4 Å². The number of esters is 1. The van der Waals surface area contributed by atoms with Gasteiger partial charge in [0.1, 0.15) is 30.1 Å². The maximum Gasteiger partial charge on any atom is 1.00 e. The Morgan fingerprint density at radius 1 is 1.05 bits per heavy atom. The molecule has 0 aliphatic carbocycles. The van der Waals surface area contributed by atoms with Gasteiger partial charge in [0.25, 0.3) is 0 Å². The number of phosphoric ester groups is 1. The van der Waals surface area contributed by atoms with Crippen molar-refractivity contribution < 1.29 is 110 Å². The standard InChI is InChI=1S/C36H31F3N5O8PS.2Na/c1-23(54-29-18-49-34(50-19-29)5-3-2-4-26-8-6-25(16-41)13-32(26)38)36(20-44-22-42-21-43-44,31-11-9-28(37)14-33(31)39)52-35(45)30-10-7-24(15-40)12-27(30)17-51-53(46,47)48;;/h2-14,21-23,29,34H,17-20H2,1H3,(H2,46,47,48);;/q;2*+1/p-2/b4-2+,5-3+;;/t23-,29-,34-,36-;;/m1../s1. The molecular weight excluding hydrogens is 796 g/mol. The van der Waals surface area contributed by atoms with Crippen molar-refractivity contribution in [2.45, 2.75) is 42.5 Å². The van der Waals surface area contributed by atoms with Crippen LogP contribution in [0.2, 0.25) is 0 Å². The molecule has 5 rings (SSSR count). The molecule has 4 aromatic rings. The van der Waals surface area contributed by atoms with E-state index in [1.807, 2.05) is 12.1 Å². The van der Waals surface area contributed by atoms with Crippen molar-refractivity contribution in [1.82, 2.24) is 14.8 Å². The van der Waals surface area contributed by atoms with Crippen molar-refractivity contribution in [3.8, 4) is 12.1 Å². The first-order valence-electron chi connectivity index (χ1n) is 15.9. The van der Waals surface area contributed by atoms with Gasteiger partial charge in [0, 0.05) is 22.4 Å². The molecule has 0 amide bonds. The van der Waals surface area contributed by atoms with E-state index in [-0.39, 0.29) is 112 Å². The van der Waals surface area contributed by atoms with Crippen molar-refractivity contribution in [3.63, 3.8) is 0 Å². The number of benzene rings is 3. The van der Waals surface area contributed by atoms with Crippen molar-refractivity contribution >= 4 is 31.6 Å². The van der Waals surface area contributed by atoms with Crippen LogP contribution < -0.4 is 68.9 Å². The third-order valence-electron chi connectivity index (χ3n) is 8.09. The smallest absolute Gasteiger partial charge is 0.790 e. The third-order valence-corrected chi connectivity index (χ3v) is 9.98. The van der Waals surface area contributed by atoms with Gasteiger partial charge < -0.3 is 33.1 Å². The second kappa shape index (κ2) is 21.6. The fraction of sp³-hybridized carbons (Fsp3) is 0.250. The zero-order chi connectivity index (χ0) is 38.9. The van der Waals surface area contributed by atoms with Crippen LogP contribution in [-0.4, -0.2) is 50.7 Å². The topological polar surface area (TPSA) is 195 Å². The molecule has 1 fully saturated rings. The number of ether oxygens (including phenoxy) is 3. The van der Waals surface area contributed by atoms with Gasteiger partial charge in [-0.1, -0.05) is 24.3 Å². The van der Waals surface area contributed by atoms with E-state index >= 15 is 4.39 Å². The first-order chi connectivity index (χ1) is 25.8. The molecular formula is C36H29F3N5Na2O8PS. The van der Waals surface area contributed by atoms with Crippen LogP contribution >= 0.6 is 19.6 Å². The average molecular weight is 826 g/mol. The predicted octanol–water partition coefficient (Wildman–Crippen LogP) is -1.32. The summed E-state index contributed by atoms with van der Waals surface area (Å²) < 4.78 is 79.1. The number of phosphoric acid groups is 1. The molecule has 56 heavy (non-hydrogen) atoms. The molecule has 2 heterocycles. The van der Waals surface area contributed by atoms with Gasteiger partial charge in [0.15, 0.2) is 11.9 Å². The van der Waals surface area contributed by atoms with Gasteiger partial charge in [-0.15, -0.1) is 11.8 Å². The minimum atomic E-state index is -5.51. The van der Waals surface area contributed by atoms with Crippen molar-refractivity contribution in [3.05, 3.63) is 136 Å². The zero-order valence-corrected chi connectivity index (χ0v) is 35.9. The number of thioether (sulfide) groups is 1. The molecule has 0 N–H and O–H groups in total. The number of hydrogen-bond acceptors (Lipinski definition) is 13. The first-order valence-corrected chi connectivity index (χ1v) is 18.3. The monoisotopic (exact) mass is 825 g/mol. The van der Waals surface area contributed by atoms with E-state index in [1.54, 1.807) is 25.2 Å². The molecule has 280 valence electrons. The average Bonchev–Trinajstić information content (AvgIpc) is 3.65. The van der Waals surface area contributed by atoms with E-state index in [2.05, 4.69) is 14.6 Å². The third kappa shape index (κ3) is 12.7. The summed E-state index contributed by atoms with van der Waals surface area (Å²) in [5, 5.41) is 21.2.